The fourth-order valence-corrected chi connectivity index (χ4v) is 4.77. The van der Waals surface area contributed by atoms with Gasteiger partial charge in [-0.1, -0.05) is 65.6 Å². The summed E-state index contributed by atoms with van der Waals surface area (Å²) in [4.78, 5) is 28.9. The van der Waals surface area contributed by atoms with Gasteiger partial charge in [-0.15, -0.1) is 0 Å². The zero-order valence-electron chi connectivity index (χ0n) is 16.9. The zero-order valence-corrected chi connectivity index (χ0v) is 19.9. The molecule has 1 aliphatic rings. The number of rotatable bonds is 6. The van der Waals surface area contributed by atoms with E-state index in [2.05, 4.69) is 12.2 Å². The lowest BCUT2D eigenvalue weighted by Crippen LogP contribution is -2.32. The molecule has 4 nitrogen and oxygen atoms in total. The molecule has 3 aromatic rings. The van der Waals surface area contributed by atoms with E-state index < -0.39 is 11.8 Å². The van der Waals surface area contributed by atoms with Crippen molar-refractivity contribution in [3.8, 4) is 0 Å². The van der Waals surface area contributed by atoms with Gasteiger partial charge in [0.25, 0.3) is 11.8 Å². The predicted octanol–water partition coefficient (Wildman–Crippen LogP) is 7.20. The maximum atomic E-state index is 13.4. The largest absolute Gasteiger partial charge is 0.350 e. The third-order valence-corrected chi connectivity index (χ3v) is 6.59. The summed E-state index contributed by atoms with van der Waals surface area (Å²) in [5.41, 5.74) is 2.38. The van der Waals surface area contributed by atoms with Crippen molar-refractivity contribution in [1.82, 2.24) is 0 Å². The van der Waals surface area contributed by atoms with E-state index in [1.165, 1.54) is 29.5 Å². The molecule has 0 saturated carbocycles. The second-order valence-corrected chi connectivity index (χ2v) is 9.40. The monoisotopic (exact) mass is 502 g/mol. The fourth-order valence-electron chi connectivity index (χ4n) is 3.21. The Bertz CT molecular complexity index is 1200. The molecule has 4 rings (SSSR count). The molecule has 0 aromatic heterocycles. The van der Waals surface area contributed by atoms with Crippen LogP contribution in [-0.4, -0.2) is 11.8 Å². The molecule has 0 fully saturated rings. The summed E-state index contributed by atoms with van der Waals surface area (Å²) in [6.45, 7) is 2.07. The van der Waals surface area contributed by atoms with Gasteiger partial charge >= 0.3 is 0 Å². The number of imide groups is 1. The van der Waals surface area contributed by atoms with E-state index in [1.807, 2.05) is 24.3 Å². The second-order valence-electron chi connectivity index (χ2n) is 7.01. The summed E-state index contributed by atoms with van der Waals surface area (Å²) >= 11 is 19.4. The van der Waals surface area contributed by atoms with Crippen LogP contribution in [0.15, 0.2) is 82.2 Å². The van der Waals surface area contributed by atoms with Crippen LogP contribution in [0.4, 0.5) is 11.4 Å². The normalized spacial score (nSPS) is 13.8. The smallest absolute Gasteiger partial charge is 0.283 e. The van der Waals surface area contributed by atoms with Gasteiger partial charge in [-0.3, -0.25) is 9.59 Å². The van der Waals surface area contributed by atoms with Gasteiger partial charge in [0.15, 0.2) is 0 Å². The van der Waals surface area contributed by atoms with Gasteiger partial charge in [0.2, 0.25) is 0 Å². The van der Waals surface area contributed by atoms with Crippen LogP contribution in [-0.2, 0) is 16.0 Å². The second kappa shape index (κ2) is 9.59. The molecule has 0 atom stereocenters. The Balaban J connectivity index is 1.74. The predicted molar refractivity (Wildman–Crippen MR) is 133 cm³/mol. The van der Waals surface area contributed by atoms with Crippen LogP contribution in [0.3, 0.4) is 0 Å². The van der Waals surface area contributed by atoms with Crippen molar-refractivity contribution < 1.29 is 9.59 Å². The molecule has 0 spiro atoms. The third kappa shape index (κ3) is 4.81. The molecule has 0 bridgehead atoms. The lowest BCUT2D eigenvalue weighted by Gasteiger charge is -2.16. The van der Waals surface area contributed by atoms with E-state index in [0.717, 1.165) is 16.2 Å². The molecule has 1 aliphatic heterocycles. The summed E-state index contributed by atoms with van der Waals surface area (Å²) in [6, 6.07) is 19.4. The first kappa shape index (κ1) is 22.7. The summed E-state index contributed by atoms with van der Waals surface area (Å²) < 4.78 is 0. The molecule has 1 N–H and O–H groups in total. The van der Waals surface area contributed by atoms with E-state index in [4.69, 9.17) is 34.8 Å². The van der Waals surface area contributed by atoms with Crippen molar-refractivity contribution in [3.05, 3.63) is 98.0 Å². The highest BCUT2D eigenvalue weighted by atomic mass is 35.5. The molecular formula is C24H17Cl3N2O2S. The summed E-state index contributed by atoms with van der Waals surface area (Å²) in [5.74, 6) is -0.940. The average molecular weight is 504 g/mol. The van der Waals surface area contributed by atoms with E-state index in [9.17, 15) is 9.59 Å². The molecular weight excluding hydrogens is 487 g/mol. The number of anilines is 2. The zero-order chi connectivity index (χ0) is 22.8. The number of hydrogen-bond donors (Lipinski definition) is 1. The highest BCUT2D eigenvalue weighted by Crippen LogP contribution is 2.39. The standard InChI is InChI=1S/C24H17Cl3N2O2S/c1-2-14-3-7-18(8-4-14)28-21-22(32-20-9-5-15(25)6-10-20)24(31)29(23(21)30)19-12-16(26)11-17(27)13-19/h3-13,28H,2H2,1H3. The fraction of sp³-hybridized carbons (Fsp3) is 0.0833. The van der Waals surface area contributed by atoms with Crippen LogP contribution in [0.2, 0.25) is 15.1 Å². The highest BCUT2D eigenvalue weighted by Gasteiger charge is 2.40. The minimum atomic E-state index is -0.482. The first-order valence-electron chi connectivity index (χ1n) is 9.74. The first-order valence-corrected chi connectivity index (χ1v) is 11.7. The average Bonchev–Trinajstić information content (AvgIpc) is 2.99. The van der Waals surface area contributed by atoms with Crippen LogP contribution in [0.5, 0.6) is 0 Å². The van der Waals surface area contributed by atoms with Gasteiger partial charge in [0, 0.05) is 25.7 Å². The third-order valence-electron chi connectivity index (χ3n) is 4.81. The Hall–Kier alpha value is -2.44. The molecule has 8 heteroatoms. The Kier molecular flexibility index (Phi) is 6.82. The molecule has 0 saturated heterocycles. The summed E-state index contributed by atoms with van der Waals surface area (Å²) in [5, 5.41) is 4.38. The van der Waals surface area contributed by atoms with Crippen LogP contribution < -0.4 is 10.2 Å². The minimum Gasteiger partial charge on any atom is -0.350 e. The van der Waals surface area contributed by atoms with Gasteiger partial charge < -0.3 is 5.32 Å². The van der Waals surface area contributed by atoms with Gasteiger partial charge in [0.05, 0.1) is 5.69 Å². The SMILES string of the molecule is CCc1ccc(NC2=C(Sc3ccc(Cl)cc3)C(=O)N(c3cc(Cl)cc(Cl)c3)C2=O)cc1. The molecule has 0 unspecified atom stereocenters. The Morgan fingerprint density at radius 2 is 1.44 bits per heavy atom. The van der Waals surface area contributed by atoms with E-state index >= 15 is 0 Å². The number of carbonyl (C=O) groups is 2. The molecule has 0 aliphatic carbocycles. The van der Waals surface area contributed by atoms with Gasteiger partial charge in [-0.25, -0.2) is 4.90 Å². The number of thioether (sulfide) groups is 1. The number of amides is 2. The maximum Gasteiger partial charge on any atom is 0.283 e. The maximum absolute atomic E-state index is 13.4. The van der Waals surface area contributed by atoms with Crippen LogP contribution >= 0.6 is 46.6 Å². The number of carbonyl (C=O) groups excluding carboxylic acids is 2. The van der Waals surface area contributed by atoms with Gasteiger partial charge in [0.1, 0.15) is 10.6 Å². The quantitative estimate of drug-likeness (QED) is 0.361. The van der Waals surface area contributed by atoms with Gasteiger partial charge in [-0.2, -0.15) is 0 Å². The van der Waals surface area contributed by atoms with Crippen molar-refractivity contribution in [3.63, 3.8) is 0 Å². The molecule has 32 heavy (non-hydrogen) atoms. The molecule has 1 heterocycles. The topological polar surface area (TPSA) is 49.4 Å². The lowest BCUT2D eigenvalue weighted by atomic mass is 10.1. The van der Waals surface area contributed by atoms with Crippen molar-refractivity contribution in [2.75, 3.05) is 10.2 Å². The highest BCUT2D eigenvalue weighted by molar-refractivity contribution is 8.04. The van der Waals surface area contributed by atoms with Crippen LogP contribution in [0.25, 0.3) is 0 Å². The molecule has 162 valence electrons. The molecule has 0 radical (unpaired) electrons. The van der Waals surface area contributed by atoms with E-state index in [-0.39, 0.29) is 10.6 Å². The number of aryl methyl sites for hydroxylation is 1. The minimum absolute atomic E-state index is 0.190. The van der Waals surface area contributed by atoms with Crippen LogP contribution in [0.1, 0.15) is 12.5 Å². The van der Waals surface area contributed by atoms with E-state index in [0.29, 0.717) is 26.4 Å². The van der Waals surface area contributed by atoms with Gasteiger partial charge in [-0.05, 0) is 66.6 Å². The Morgan fingerprint density at radius 3 is 2.03 bits per heavy atom. The number of benzene rings is 3. The number of hydrogen-bond acceptors (Lipinski definition) is 4. The number of halogens is 3. The summed E-state index contributed by atoms with van der Waals surface area (Å²) in [6.07, 6.45) is 0.904. The lowest BCUT2D eigenvalue weighted by molar-refractivity contribution is -0.120. The molecule has 2 amide bonds. The Morgan fingerprint density at radius 1 is 0.812 bits per heavy atom. The van der Waals surface area contributed by atoms with Crippen molar-refractivity contribution in [2.45, 2.75) is 18.2 Å². The first-order chi connectivity index (χ1) is 15.4. The van der Waals surface area contributed by atoms with E-state index in [1.54, 1.807) is 30.3 Å². The number of nitrogens with zero attached hydrogens (tertiary/aromatic N) is 1. The Labute approximate surface area is 205 Å². The van der Waals surface area contributed by atoms with Crippen molar-refractivity contribution >= 4 is 69.8 Å². The van der Waals surface area contributed by atoms with Crippen LogP contribution in [0, 0.1) is 0 Å². The van der Waals surface area contributed by atoms with Crippen molar-refractivity contribution in [2.24, 2.45) is 0 Å². The van der Waals surface area contributed by atoms with Crippen molar-refractivity contribution in [1.29, 1.82) is 0 Å². The number of nitrogens with one attached hydrogen (secondary N) is 1. The summed E-state index contributed by atoms with van der Waals surface area (Å²) in [7, 11) is 0. The molecule has 3 aromatic carbocycles.